The fourth-order valence-corrected chi connectivity index (χ4v) is 4.09. The second-order valence-electron chi connectivity index (χ2n) is 5.97. The molecule has 0 fully saturated rings. The van der Waals surface area contributed by atoms with Crippen molar-refractivity contribution in [2.24, 2.45) is 0 Å². The van der Waals surface area contributed by atoms with Crippen LogP contribution in [0.2, 0.25) is 0 Å². The normalized spacial score (nSPS) is 12.7. The lowest BCUT2D eigenvalue weighted by Crippen LogP contribution is -2.41. The van der Waals surface area contributed by atoms with Gasteiger partial charge in [0.05, 0.1) is 16.6 Å². The van der Waals surface area contributed by atoms with Crippen molar-refractivity contribution in [3.63, 3.8) is 0 Å². The van der Waals surface area contributed by atoms with Gasteiger partial charge in [-0.2, -0.15) is 4.72 Å². The van der Waals surface area contributed by atoms with Gasteiger partial charge in [-0.1, -0.05) is 46.3 Å². The van der Waals surface area contributed by atoms with Crippen LogP contribution in [0.1, 0.15) is 6.92 Å². The highest BCUT2D eigenvalue weighted by molar-refractivity contribution is 9.10. The number of fused-ring (bicyclic) bond motifs is 1. The molecule has 0 saturated carbocycles. The van der Waals surface area contributed by atoms with Crippen LogP contribution in [0.3, 0.4) is 0 Å². The maximum absolute atomic E-state index is 13.8. The summed E-state index contributed by atoms with van der Waals surface area (Å²) in [6, 6.07) is 15.2. The monoisotopic (exact) mass is 450 g/mol. The van der Waals surface area contributed by atoms with Gasteiger partial charge in [0.15, 0.2) is 0 Å². The van der Waals surface area contributed by atoms with Crippen molar-refractivity contribution in [3.8, 4) is 0 Å². The Morgan fingerprint density at radius 2 is 1.74 bits per heavy atom. The van der Waals surface area contributed by atoms with E-state index >= 15 is 0 Å². The van der Waals surface area contributed by atoms with E-state index in [0.29, 0.717) is 4.47 Å². The van der Waals surface area contributed by atoms with Gasteiger partial charge in [-0.15, -0.1) is 0 Å². The van der Waals surface area contributed by atoms with Crippen LogP contribution in [0.15, 0.2) is 70.0 Å². The number of carbonyl (C=O) groups excluding carboxylic acids is 1. The molecule has 1 atom stereocenters. The molecular weight excluding hydrogens is 435 g/mol. The maximum Gasteiger partial charge on any atom is 0.242 e. The Morgan fingerprint density at radius 1 is 1.04 bits per heavy atom. The number of nitrogens with one attached hydrogen (secondary N) is 2. The highest BCUT2D eigenvalue weighted by atomic mass is 79.9. The second-order valence-corrected chi connectivity index (χ2v) is 8.60. The summed E-state index contributed by atoms with van der Waals surface area (Å²) in [5.41, 5.74) is -0.0278. The summed E-state index contributed by atoms with van der Waals surface area (Å²) in [7, 11) is -3.92. The summed E-state index contributed by atoms with van der Waals surface area (Å²) >= 11 is 3.13. The van der Waals surface area contributed by atoms with Gasteiger partial charge in [-0.25, -0.2) is 12.8 Å². The van der Waals surface area contributed by atoms with Crippen LogP contribution in [-0.2, 0) is 14.8 Å². The highest BCUT2D eigenvalue weighted by Crippen LogP contribution is 2.21. The predicted molar refractivity (Wildman–Crippen MR) is 106 cm³/mol. The number of benzene rings is 3. The molecule has 0 radical (unpaired) electrons. The average molecular weight is 451 g/mol. The average Bonchev–Trinajstić information content (AvgIpc) is 2.63. The number of halogens is 2. The lowest BCUT2D eigenvalue weighted by molar-refractivity contribution is -0.117. The number of rotatable bonds is 5. The summed E-state index contributed by atoms with van der Waals surface area (Å²) in [5, 5.41) is 4.06. The summed E-state index contributed by atoms with van der Waals surface area (Å²) < 4.78 is 41.9. The molecule has 27 heavy (non-hydrogen) atoms. The van der Waals surface area contributed by atoms with Gasteiger partial charge in [0.2, 0.25) is 15.9 Å². The molecule has 3 aromatic rings. The molecule has 3 aromatic carbocycles. The van der Waals surface area contributed by atoms with Crippen molar-refractivity contribution in [2.45, 2.75) is 17.9 Å². The van der Waals surface area contributed by atoms with Crippen molar-refractivity contribution in [1.82, 2.24) is 4.72 Å². The maximum atomic E-state index is 13.8. The third-order valence-electron chi connectivity index (χ3n) is 3.95. The first-order valence-electron chi connectivity index (χ1n) is 8.03. The molecule has 140 valence electrons. The van der Waals surface area contributed by atoms with E-state index in [2.05, 4.69) is 26.0 Å². The first-order valence-corrected chi connectivity index (χ1v) is 10.3. The smallest absolute Gasteiger partial charge is 0.242 e. The molecule has 8 heteroatoms. The van der Waals surface area contributed by atoms with Gasteiger partial charge >= 0.3 is 0 Å². The zero-order valence-corrected chi connectivity index (χ0v) is 16.6. The second kappa shape index (κ2) is 7.75. The molecule has 0 saturated heterocycles. The Labute approximate surface area is 164 Å². The molecule has 0 heterocycles. The van der Waals surface area contributed by atoms with Crippen molar-refractivity contribution < 1.29 is 17.6 Å². The first kappa shape index (κ1) is 19.5. The van der Waals surface area contributed by atoms with E-state index in [9.17, 15) is 17.6 Å². The summed E-state index contributed by atoms with van der Waals surface area (Å²) in [6.45, 7) is 1.39. The minimum atomic E-state index is -3.92. The van der Waals surface area contributed by atoms with Gasteiger partial charge in [0.25, 0.3) is 0 Å². The van der Waals surface area contributed by atoms with Gasteiger partial charge in [-0.3, -0.25) is 4.79 Å². The molecule has 0 unspecified atom stereocenters. The molecule has 0 aliphatic heterocycles. The minimum Gasteiger partial charge on any atom is -0.322 e. The number of amides is 1. The number of hydrogen-bond acceptors (Lipinski definition) is 3. The van der Waals surface area contributed by atoms with Crippen molar-refractivity contribution in [3.05, 3.63) is 71.0 Å². The Balaban J connectivity index is 1.76. The zero-order chi connectivity index (χ0) is 19.6. The Kier molecular flexibility index (Phi) is 5.59. The first-order chi connectivity index (χ1) is 12.8. The summed E-state index contributed by atoms with van der Waals surface area (Å²) in [6.07, 6.45) is 0. The third-order valence-corrected chi connectivity index (χ3v) is 5.98. The van der Waals surface area contributed by atoms with Crippen LogP contribution in [0.25, 0.3) is 10.8 Å². The van der Waals surface area contributed by atoms with Gasteiger partial charge < -0.3 is 5.32 Å². The van der Waals surface area contributed by atoms with E-state index in [1.165, 1.54) is 31.2 Å². The van der Waals surface area contributed by atoms with E-state index in [1.54, 1.807) is 18.2 Å². The van der Waals surface area contributed by atoms with Crippen LogP contribution in [-0.4, -0.2) is 20.4 Å². The number of hydrogen-bond donors (Lipinski definition) is 2. The van der Waals surface area contributed by atoms with Crippen molar-refractivity contribution in [1.29, 1.82) is 0 Å². The van der Waals surface area contributed by atoms with E-state index in [0.717, 1.165) is 10.8 Å². The van der Waals surface area contributed by atoms with Crippen LogP contribution in [0.4, 0.5) is 10.1 Å². The van der Waals surface area contributed by atoms with E-state index in [1.807, 2.05) is 18.2 Å². The van der Waals surface area contributed by atoms with Crippen molar-refractivity contribution >= 4 is 48.3 Å². The van der Waals surface area contributed by atoms with Crippen LogP contribution in [0, 0.1) is 5.82 Å². The topological polar surface area (TPSA) is 75.3 Å². The molecular formula is C19H16BrFN2O3S. The zero-order valence-electron chi connectivity index (χ0n) is 14.2. The van der Waals surface area contributed by atoms with Crippen molar-refractivity contribution in [2.75, 3.05) is 5.32 Å². The SMILES string of the molecule is C[C@H](NS(=O)(=O)c1ccc2ccccc2c1)C(=O)Nc1ccc(Br)cc1F. The van der Waals surface area contributed by atoms with Crippen LogP contribution < -0.4 is 10.0 Å². The largest absolute Gasteiger partial charge is 0.322 e. The van der Waals surface area contributed by atoms with Gasteiger partial charge in [0, 0.05) is 4.47 Å². The molecule has 3 rings (SSSR count). The fourth-order valence-electron chi connectivity index (χ4n) is 2.52. The number of carbonyl (C=O) groups is 1. The van der Waals surface area contributed by atoms with E-state index in [4.69, 9.17) is 0 Å². The fraction of sp³-hybridized carbons (Fsp3) is 0.105. The van der Waals surface area contributed by atoms with Crippen LogP contribution in [0.5, 0.6) is 0 Å². The highest BCUT2D eigenvalue weighted by Gasteiger charge is 2.23. The van der Waals surface area contributed by atoms with E-state index in [-0.39, 0.29) is 10.6 Å². The van der Waals surface area contributed by atoms with Gasteiger partial charge in [0.1, 0.15) is 5.82 Å². The Morgan fingerprint density at radius 3 is 2.44 bits per heavy atom. The molecule has 1 amide bonds. The quantitative estimate of drug-likeness (QED) is 0.615. The molecule has 0 spiro atoms. The Hall–Kier alpha value is -2.29. The molecule has 5 nitrogen and oxygen atoms in total. The molecule has 0 aliphatic carbocycles. The predicted octanol–water partition coefficient (Wildman–Crippen LogP) is 4.05. The molecule has 0 aromatic heterocycles. The lowest BCUT2D eigenvalue weighted by atomic mass is 10.1. The molecule has 2 N–H and O–H groups in total. The summed E-state index contributed by atoms with van der Waals surface area (Å²) in [4.78, 5) is 12.3. The van der Waals surface area contributed by atoms with Gasteiger partial charge in [-0.05, 0) is 48.0 Å². The lowest BCUT2D eigenvalue weighted by Gasteiger charge is -2.15. The number of anilines is 1. The third kappa shape index (κ3) is 4.52. The van der Waals surface area contributed by atoms with E-state index < -0.39 is 27.8 Å². The summed E-state index contributed by atoms with van der Waals surface area (Å²) in [5.74, 6) is -1.29. The molecule has 0 bridgehead atoms. The number of sulfonamides is 1. The minimum absolute atomic E-state index is 0.0278. The Bertz CT molecular complexity index is 1120. The standard InChI is InChI=1S/C19H16BrFN2O3S/c1-12(19(24)22-18-9-7-15(20)11-17(18)21)23-27(25,26)16-8-6-13-4-2-3-5-14(13)10-16/h2-12,23H,1H3,(H,22,24)/t12-/m0/s1. The van der Waals surface area contributed by atoms with Crippen LogP contribution >= 0.6 is 15.9 Å². The molecule has 0 aliphatic rings.